The Bertz CT molecular complexity index is 657. The van der Waals surface area contributed by atoms with E-state index in [1.165, 1.54) is 0 Å². The molecule has 1 aromatic carbocycles. The van der Waals surface area contributed by atoms with Gasteiger partial charge in [0.25, 0.3) is 0 Å². The molecule has 0 aliphatic heterocycles. The van der Waals surface area contributed by atoms with Gasteiger partial charge in [-0.05, 0) is 24.3 Å². The molecule has 9 heteroatoms. The Morgan fingerprint density at radius 1 is 1.17 bits per heavy atom. The Balaban J connectivity index is 2.68. The van der Waals surface area contributed by atoms with Gasteiger partial charge in [-0.3, -0.25) is 10.3 Å². The van der Waals surface area contributed by atoms with Crippen molar-refractivity contribution in [2.24, 2.45) is 10.7 Å². The number of nitrogens with two attached hydrogens (primary N) is 1. The van der Waals surface area contributed by atoms with Gasteiger partial charge in [0.1, 0.15) is 18.2 Å². The first-order valence-electron chi connectivity index (χ1n) is 10.2. The molecule has 1 aromatic rings. The maximum absolute atomic E-state index is 9.13. The third-order valence-electron chi connectivity index (χ3n) is 4.41. The van der Waals surface area contributed by atoms with Crippen LogP contribution in [0.5, 0.6) is 0 Å². The Morgan fingerprint density at radius 2 is 1.80 bits per heavy atom. The van der Waals surface area contributed by atoms with Gasteiger partial charge in [0.15, 0.2) is 5.84 Å². The summed E-state index contributed by atoms with van der Waals surface area (Å²) in [7, 11) is 0. The van der Waals surface area contributed by atoms with Gasteiger partial charge < -0.3 is 31.3 Å². The number of aliphatic hydroxyl groups is 2. The molecule has 0 saturated carbocycles. The largest absolute Gasteiger partial charge is 0.395 e. The summed E-state index contributed by atoms with van der Waals surface area (Å²) < 4.78 is 5.51. The van der Waals surface area contributed by atoms with Crippen LogP contribution in [-0.2, 0) is 17.8 Å². The summed E-state index contributed by atoms with van der Waals surface area (Å²) in [4.78, 5) is 5.57. The van der Waals surface area contributed by atoms with Crippen molar-refractivity contribution >= 4 is 12.6 Å². The van der Waals surface area contributed by atoms with Crippen LogP contribution in [0.15, 0.2) is 40.8 Å². The predicted octanol–water partition coefficient (Wildman–Crippen LogP) is 0.732. The summed E-state index contributed by atoms with van der Waals surface area (Å²) in [5.74, 6) is 0.367. The van der Waals surface area contributed by atoms with Crippen LogP contribution in [0.2, 0.25) is 0 Å². The van der Waals surface area contributed by atoms with E-state index in [9.17, 15) is 0 Å². The molecule has 0 aromatic heterocycles. The summed E-state index contributed by atoms with van der Waals surface area (Å²) in [6.45, 7) is 8.69. The molecule has 0 saturated heterocycles. The molecule has 0 bridgehead atoms. The van der Waals surface area contributed by atoms with Gasteiger partial charge in [-0.25, -0.2) is 4.99 Å². The van der Waals surface area contributed by atoms with Crippen LogP contribution in [0, 0.1) is 5.41 Å². The first kappa shape index (κ1) is 25.6. The number of aliphatic imine (C=N–C) groups is 1. The molecule has 0 amide bonds. The standard InChI is InChI=1S/C21H36N6O3/c1-3-4-13-30-16-26-21(19(22)20(23)24-2)25-14-17-5-7-18(8-6-17)15-27(9-11-28)10-12-29/h5-8,23,25-26,28-29H,2-4,9-16,22H2,1H3/b21-19+,23-20?. The van der Waals surface area contributed by atoms with Crippen molar-refractivity contribution in [3.63, 3.8) is 0 Å². The van der Waals surface area contributed by atoms with E-state index >= 15 is 0 Å². The molecule has 0 spiro atoms. The average Bonchev–Trinajstić information content (AvgIpc) is 2.76. The van der Waals surface area contributed by atoms with E-state index in [1.54, 1.807) is 0 Å². The summed E-state index contributed by atoms with van der Waals surface area (Å²) in [5.41, 5.74) is 8.31. The van der Waals surface area contributed by atoms with Crippen LogP contribution in [-0.4, -0.2) is 67.3 Å². The summed E-state index contributed by atoms with van der Waals surface area (Å²) in [6.07, 6.45) is 2.04. The number of hydrogen-bond acceptors (Lipinski definition) is 8. The zero-order valence-corrected chi connectivity index (χ0v) is 17.9. The second kappa shape index (κ2) is 15.4. The van der Waals surface area contributed by atoms with Crippen LogP contribution >= 0.6 is 0 Å². The Morgan fingerprint density at radius 3 is 2.37 bits per heavy atom. The maximum atomic E-state index is 9.13. The lowest BCUT2D eigenvalue weighted by Gasteiger charge is -2.20. The minimum Gasteiger partial charge on any atom is -0.395 e. The molecule has 0 fully saturated rings. The van der Waals surface area contributed by atoms with Gasteiger partial charge in [-0.1, -0.05) is 37.6 Å². The SMILES string of the molecule is C=NC(=N)/C(N)=C(\NCOCCCC)NCc1ccc(CN(CCO)CCO)cc1. The number of aliphatic hydroxyl groups excluding tert-OH is 2. The third kappa shape index (κ3) is 9.84. The van der Waals surface area contributed by atoms with Crippen LogP contribution in [0.4, 0.5) is 0 Å². The molecule has 0 atom stereocenters. The van der Waals surface area contributed by atoms with Gasteiger partial charge in [0, 0.05) is 32.8 Å². The van der Waals surface area contributed by atoms with Gasteiger partial charge in [-0.15, -0.1) is 0 Å². The van der Waals surface area contributed by atoms with Crippen molar-refractivity contribution in [2.75, 3.05) is 39.6 Å². The summed E-state index contributed by atoms with van der Waals surface area (Å²) in [6, 6.07) is 8.03. The predicted molar refractivity (Wildman–Crippen MR) is 120 cm³/mol. The van der Waals surface area contributed by atoms with E-state index in [1.807, 2.05) is 29.2 Å². The summed E-state index contributed by atoms with van der Waals surface area (Å²) >= 11 is 0. The van der Waals surface area contributed by atoms with Crippen molar-refractivity contribution in [1.29, 1.82) is 5.41 Å². The first-order chi connectivity index (χ1) is 14.5. The van der Waals surface area contributed by atoms with Crippen LogP contribution in [0.25, 0.3) is 0 Å². The number of benzene rings is 1. The maximum Gasteiger partial charge on any atom is 0.171 e. The van der Waals surface area contributed by atoms with Gasteiger partial charge in [0.05, 0.1) is 13.2 Å². The second-order valence-corrected chi connectivity index (χ2v) is 6.77. The minimum atomic E-state index is -0.109. The van der Waals surface area contributed by atoms with Crippen LogP contribution in [0.1, 0.15) is 30.9 Å². The van der Waals surface area contributed by atoms with E-state index < -0.39 is 0 Å². The minimum absolute atomic E-state index is 0.0578. The zero-order valence-electron chi connectivity index (χ0n) is 17.9. The van der Waals surface area contributed by atoms with Gasteiger partial charge in [-0.2, -0.15) is 0 Å². The molecule has 0 aliphatic carbocycles. The fraction of sp³-hybridized carbons (Fsp3) is 0.524. The van der Waals surface area contributed by atoms with Crippen molar-refractivity contribution in [2.45, 2.75) is 32.9 Å². The normalized spacial score (nSPS) is 11.9. The Hall–Kier alpha value is -2.46. The quantitative estimate of drug-likeness (QED) is 0.100. The molecule has 7 N–H and O–H groups in total. The molecular weight excluding hydrogens is 384 g/mol. The molecule has 0 radical (unpaired) electrons. The van der Waals surface area contributed by atoms with E-state index in [-0.39, 0.29) is 31.5 Å². The Kier molecular flexibility index (Phi) is 13.1. The third-order valence-corrected chi connectivity index (χ3v) is 4.41. The number of nitrogens with zero attached hydrogens (tertiary/aromatic N) is 2. The van der Waals surface area contributed by atoms with Crippen molar-refractivity contribution in [1.82, 2.24) is 15.5 Å². The number of amidine groups is 1. The van der Waals surface area contributed by atoms with Crippen molar-refractivity contribution in [3.05, 3.63) is 46.9 Å². The highest BCUT2D eigenvalue weighted by Crippen LogP contribution is 2.08. The van der Waals surface area contributed by atoms with Crippen molar-refractivity contribution < 1.29 is 14.9 Å². The van der Waals surface area contributed by atoms with E-state index in [4.69, 9.17) is 26.1 Å². The van der Waals surface area contributed by atoms with Crippen molar-refractivity contribution in [3.8, 4) is 0 Å². The lowest BCUT2D eigenvalue weighted by Crippen LogP contribution is -2.33. The highest BCUT2D eigenvalue weighted by molar-refractivity contribution is 5.98. The highest BCUT2D eigenvalue weighted by atomic mass is 16.5. The molecular formula is C21H36N6O3. The number of ether oxygens (including phenoxy) is 1. The number of hydrogen-bond donors (Lipinski definition) is 6. The van der Waals surface area contributed by atoms with Crippen LogP contribution < -0.4 is 16.4 Å². The molecule has 168 valence electrons. The van der Waals surface area contributed by atoms with Gasteiger partial charge >= 0.3 is 0 Å². The molecule has 0 heterocycles. The smallest absolute Gasteiger partial charge is 0.171 e. The molecule has 9 nitrogen and oxygen atoms in total. The number of unbranched alkanes of at least 4 members (excludes halogenated alkanes) is 1. The van der Waals surface area contributed by atoms with Gasteiger partial charge in [0.2, 0.25) is 0 Å². The van der Waals surface area contributed by atoms with E-state index in [0.29, 0.717) is 38.6 Å². The topological polar surface area (TPSA) is 139 Å². The van der Waals surface area contributed by atoms with E-state index in [0.717, 1.165) is 24.0 Å². The molecule has 0 aliphatic rings. The fourth-order valence-electron chi connectivity index (χ4n) is 2.66. The Labute approximate surface area is 179 Å². The second-order valence-electron chi connectivity index (χ2n) is 6.77. The first-order valence-corrected chi connectivity index (χ1v) is 10.2. The number of nitrogens with one attached hydrogen (secondary N) is 3. The monoisotopic (exact) mass is 420 g/mol. The molecule has 30 heavy (non-hydrogen) atoms. The number of rotatable bonds is 16. The average molecular weight is 421 g/mol. The zero-order chi connectivity index (χ0) is 22.2. The lowest BCUT2D eigenvalue weighted by atomic mass is 10.1. The fourth-order valence-corrected chi connectivity index (χ4v) is 2.66. The summed E-state index contributed by atoms with van der Waals surface area (Å²) in [5, 5.41) is 32.3. The van der Waals surface area contributed by atoms with E-state index in [2.05, 4.69) is 29.3 Å². The molecule has 1 rings (SSSR count). The highest BCUT2D eigenvalue weighted by Gasteiger charge is 2.09. The molecule has 0 unspecified atom stereocenters. The van der Waals surface area contributed by atoms with Crippen LogP contribution in [0.3, 0.4) is 0 Å². The lowest BCUT2D eigenvalue weighted by molar-refractivity contribution is 0.119.